The fourth-order valence-corrected chi connectivity index (χ4v) is 3.28. The molecule has 6 nitrogen and oxygen atoms in total. The molecule has 0 fully saturated rings. The summed E-state index contributed by atoms with van der Waals surface area (Å²) in [4.78, 5) is 38.9. The SMILES string of the molecule is COc1cc(NC(=O)c2ccc(Cl)cc2)ccc1N1C(=O)c2ccccc2C1=O. The van der Waals surface area contributed by atoms with Crippen molar-refractivity contribution in [1.82, 2.24) is 0 Å². The molecule has 0 bridgehead atoms. The maximum atomic E-state index is 12.7. The van der Waals surface area contributed by atoms with Crippen molar-refractivity contribution in [3.63, 3.8) is 0 Å². The fraction of sp³-hybridized carbons (Fsp3) is 0.0455. The van der Waals surface area contributed by atoms with E-state index >= 15 is 0 Å². The minimum Gasteiger partial charge on any atom is -0.494 e. The van der Waals surface area contributed by atoms with Gasteiger partial charge in [0.1, 0.15) is 5.75 Å². The first kappa shape index (κ1) is 18.7. The Morgan fingerprint density at radius 2 is 1.55 bits per heavy atom. The van der Waals surface area contributed by atoms with Gasteiger partial charge in [-0.1, -0.05) is 23.7 Å². The van der Waals surface area contributed by atoms with E-state index < -0.39 is 11.8 Å². The van der Waals surface area contributed by atoms with E-state index in [1.54, 1.807) is 66.7 Å². The molecule has 29 heavy (non-hydrogen) atoms. The first-order chi connectivity index (χ1) is 14.0. The second-order valence-corrected chi connectivity index (χ2v) is 6.78. The van der Waals surface area contributed by atoms with Crippen LogP contribution in [-0.4, -0.2) is 24.8 Å². The molecule has 1 N–H and O–H groups in total. The molecule has 1 aliphatic rings. The van der Waals surface area contributed by atoms with Crippen LogP contribution in [-0.2, 0) is 0 Å². The number of carbonyl (C=O) groups is 3. The number of fused-ring (bicyclic) bond motifs is 1. The smallest absolute Gasteiger partial charge is 0.266 e. The van der Waals surface area contributed by atoms with E-state index in [4.69, 9.17) is 16.3 Å². The largest absolute Gasteiger partial charge is 0.494 e. The third-order valence-electron chi connectivity index (χ3n) is 4.58. The molecule has 1 heterocycles. The number of rotatable bonds is 4. The van der Waals surface area contributed by atoms with E-state index in [0.29, 0.717) is 33.1 Å². The van der Waals surface area contributed by atoms with Crippen molar-refractivity contribution in [3.8, 4) is 5.75 Å². The normalized spacial score (nSPS) is 12.7. The molecule has 3 aromatic carbocycles. The summed E-state index contributed by atoms with van der Waals surface area (Å²) in [7, 11) is 1.43. The summed E-state index contributed by atoms with van der Waals surface area (Å²) in [6, 6.07) is 17.9. The molecule has 3 amide bonds. The quantitative estimate of drug-likeness (QED) is 0.651. The number of nitrogens with one attached hydrogen (secondary N) is 1. The molecule has 0 saturated carbocycles. The van der Waals surface area contributed by atoms with Crippen LogP contribution in [0, 0.1) is 0 Å². The summed E-state index contributed by atoms with van der Waals surface area (Å²) in [5, 5.41) is 3.30. The van der Waals surface area contributed by atoms with Crippen LogP contribution in [0.2, 0.25) is 5.02 Å². The van der Waals surface area contributed by atoms with Crippen molar-refractivity contribution >= 4 is 40.7 Å². The highest BCUT2D eigenvalue weighted by Gasteiger charge is 2.37. The zero-order valence-electron chi connectivity index (χ0n) is 15.3. The van der Waals surface area contributed by atoms with Crippen LogP contribution in [0.5, 0.6) is 5.75 Å². The lowest BCUT2D eigenvalue weighted by Crippen LogP contribution is -2.29. The zero-order chi connectivity index (χ0) is 20.5. The lowest BCUT2D eigenvalue weighted by Gasteiger charge is -2.18. The number of anilines is 2. The van der Waals surface area contributed by atoms with Crippen LogP contribution in [0.1, 0.15) is 31.1 Å². The van der Waals surface area contributed by atoms with E-state index in [2.05, 4.69) is 5.32 Å². The Hall–Kier alpha value is -3.64. The number of carbonyl (C=O) groups excluding carboxylic acids is 3. The summed E-state index contributed by atoms with van der Waals surface area (Å²) in [6.07, 6.45) is 0. The minimum absolute atomic E-state index is 0.286. The highest BCUT2D eigenvalue weighted by Crippen LogP contribution is 2.36. The number of halogens is 1. The second-order valence-electron chi connectivity index (χ2n) is 6.34. The van der Waals surface area contributed by atoms with Crippen molar-refractivity contribution in [2.24, 2.45) is 0 Å². The molecule has 0 aromatic heterocycles. The predicted molar refractivity (Wildman–Crippen MR) is 110 cm³/mol. The third-order valence-corrected chi connectivity index (χ3v) is 4.83. The average Bonchev–Trinajstić information content (AvgIpc) is 2.99. The summed E-state index contributed by atoms with van der Waals surface area (Å²) in [5.74, 6) is -0.866. The Kier molecular flexibility index (Phi) is 4.78. The van der Waals surface area contributed by atoms with Gasteiger partial charge in [0.15, 0.2) is 0 Å². The highest BCUT2D eigenvalue weighted by molar-refractivity contribution is 6.35. The van der Waals surface area contributed by atoms with Gasteiger partial charge in [-0.25, -0.2) is 4.90 Å². The van der Waals surface area contributed by atoms with Gasteiger partial charge in [-0.2, -0.15) is 0 Å². The van der Waals surface area contributed by atoms with Crippen molar-refractivity contribution in [2.45, 2.75) is 0 Å². The molecule has 0 unspecified atom stereocenters. The Morgan fingerprint density at radius 3 is 2.14 bits per heavy atom. The van der Waals surface area contributed by atoms with Crippen molar-refractivity contribution in [3.05, 3.63) is 88.4 Å². The maximum absolute atomic E-state index is 12.7. The van der Waals surface area contributed by atoms with Gasteiger partial charge in [0.05, 0.1) is 23.9 Å². The molecule has 7 heteroatoms. The van der Waals surface area contributed by atoms with Crippen LogP contribution in [0.3, 0.4) is 0 Å². The van der Waals surface area contributed by atoms with Crippen LogP contribution in [0.15, 0.2) is 66.7 Å². The van der Waals surface area contributed by atoms with E-state index in [0.717, 1.165) is 4.90 Å². The molecule has 0 atom stereocenters. The molecule has 1 aliphatic heterocycles. The van der Waals surface area contributed by atoms with E-state index in [1.807, 2.05) is 0 Å². The van der Waals surface area contributed by atoms with Crippen molar-refractivity contribution < 1.29 is 19.1 Å². The van der Waals surface area contributed by atoms with Gasteiger partial charge in [-0.05, 0) is 48.5 Å². The number of imide groups is 1. The van der Waals surface area contributed by atoms with Gasteiger partial charge in [-0.15, -0.1) is 0 Å². The van der Waals surface area contributed by atoms with E-state index in [1.165, 1.54) is 7.11 Å². The number of methoxy groups -OCH3 is 1. The lowest BCUT2D eigenvalue weighted by atomic mass is 10.1. The molecule has 0 aliphatic carbocycles. The monoisotopic (exact) mass is 406 g/mol. The Labute approximate surface area is 171 Å². The molecule has 3 aromatic rings. The highest BCUT2D eigenvalue weighted by atomic mass is 35.5. The minimum atomic E-state index is -0.415. The fourth-order valence-electron chi connectivity index (χ4n) is 3.15. The number of hydrogen-bond acceptors (Lipinski definition) is 4. The number of nitrogens with zero attached hydrogens (tertiary/aromatic N) is 1. The van der Waals surface area contributed by atoms with Crippen LogP contribution < -0.4 is 15.0 Å². The Morgan fingerprint density at radius 1 is 0.931 bits per heavy atom. The zero-order valence-corrected chi connectivity index (χ0v) is 16.1. The molecule has 0 saturated heterocycles. The summed E-state index contributed by atoms with van der Waals surface area (Å²) < 4.78 is 5.38. The first-order valence-electron chi connectivity index (χ1n) is 8.72. The van der Waals surface area contributed by atoms with Crippen LogP contribution >= 0.6 is 11.6 Å². The topological polar surface area (TPSA) is 75.7 Å². The third kappa shape index (κ3) is 3.34. The first-order valence-corrected chi connectivity index (χ1v) is 9.10. The van der Waals surface area contributed by atoms with Crippen LogP contribution in [0.25, 0.3) is 0 Å². The van der Waals surface area contributed by atoms with Gasteiger partial charge in [0, 0.05) is 22.3 Å². The van der Waals surface area contributed by atoms with Crippen molar-refractivity contribution in [2.75, 3.05) is 17.3 Å². The number of hydrogen-bond donors (Lipinski definition) is 1. The Bertz CT molecular complexity index is 1110. The summed E-state index contributed by atoms with van der Waals surface area (Å²) >= 11 is 5.84. The van der Waals surface area contributed by atoms with Gasteiger partial charge < -0.3 is 10.1 Å². The molecule has 0 spiro atoms. The Balaban J connectivity index is 1.63. The molecule has 0 radical (unpaired) electrons. The molecule has 144 valence electrons. The van der Waals surface area contributed by atoms with Gasteiger partial charge >= 0.3 is 0 Å². The summed E-state index contributed by atoms with van der Waals surface area (Å²) in [5.41, 5.74) is 1.91. The van der Waals surface area contributed by atoms with Gasteiger partial charge in [-0.3, -0.25) is 14.4 Å². The number of benzene rings is 3. The number of amides is 3. The summed E-state index contributed by atoms with van der Waals surface area (Å²) in [6.45, 7) is 0. The van der Waals surface area contributed by atoms with Crippen LogP contribution in [0.4, 0.5) is 11.4 Å². The number of ether oxygens (including phenoxy) is 1. The average molecular weight is 407 g/mol. The van der Waals surface area contributed by atoms with E-state index in [9.17, 15) is 14.4 Å². The second kappa shape index (κ2) is 7.41. The maximum Gasteiger partial charge on any atom is 0.266 e. The molecular weight excluding hydrogens is 392 g/mol. The standard InChI is InChI=1S/C22H15ClN2O4/c1-29-19-12-15(24-20(26)13-6-8-14(23)9-7-13)10-11-18(19)25-21(27)16-4-2-3-5-17(16)22(25)28/h2-12H,1H3,(H,24,26). The van der Waals surface area contributed by atoms with Crippen molar-refractivity contribution in [1.29, 1.82) is 0 Å². The molecule has 4 rings (SSSR count). The van der Waals surface area contributed by atoms with Gasteiger partial charge in [0.25, 0.3) is 17.7 Å². The van der Waals surface area contributed by atoms with Gasteiger partial charge in [0.2, 0.25) is 0 Å². The van der Waals surface area contributed by atoms with E-state index in [-0.39, 0.29) is 11.7 Å². The predicted octanol–water partition coefficient (Wildman–Crippen LogP) is 4.40. The lowest BCUT2D eigenvalue weighted by molar-refractivity contribution is 0.0923. The molecular formula is C22H15ClN2O4.